The molecule has 26 heavy (non-hydrogen) atoms. The molecule has 0 aromatic carbocycles. The number of hydrogen-bond donors (Lipinski definition) is 1. The molecule has 0 bridgehead atoms. The molecule has 1 saturated heterocycles. The van der Waals surface area contributed by atoms with Crippen LogP contribution in [0.5, 0.6) is 0 Å². The van der Waals surface area contributed by atoms with Gasteiger partial charge in [0, 0.05) is 32.4 Å². The lowest BCUT2D eigenvalue weighted by Gasteiger charge is -2.21. The Morgan fingerprint density at radius 2 is 2.04 bits per heavy atom. The van der Waals surface area contributed by atoms with E-state index in [1.807, 2.05) is 15.8 Å². The van der Waals surface area contributed by atoms with Crippen molar-refractivity contribution < 1.29 is 14.7 Å². The number of carboxylic acid groups (broad SMARTS) is 1. The predicted molar refractivity (Wildman–Crippen MR) is 91.4 cm³/mol. The quantitative estimate of drug-likeness (QED) is 0.682. The average Bonchev–Trinajstić information content (AvgIpc) is 3.20. The summed E-state index contributed by atoms with van der Waals surface area (Å²) in [6, 6.07) is 0. The van der Waals surface area contributed by atoms with Gasteiger partial charge in [-0.3, -0.25) is 19.2 Å². The fraction of sp³-hybridized carbons (Fsp3) is 0.571. The molecule has 0 atom stereocenters. The smallest absolute Gasteiger partial charge is 0.290 e. The summed E-state index contributed by atoms with van der Waals surface area (Å²) in [5.41, 5.74) is 0. The zero-order valence-corrected chi connectivity index (χ0v) is 14.9. The van der Waals surface area contributed by atoms with Crippen molar-refractivity contribution in [2.45, 2.75) is 19.5 Å². The standard InChI is InChI=1S/C13H19ClN8O.CH2O2/c14-12-8-16-21(9-12)7-5-19-2-1-3-20(6-4-19)13(23)10-22-11-15-17-18-22;2-1-3/h8-9,11H,1-7,10H2;1H,(H,2,3). The van der Waals surface area contributed by atoms with Crippen LogP contribution in [0.2, 0.25) is 5.02 Å². The Morgan fingerprint density at radius 3 is 2.69 bits per heavy atom. The predicted octanol–water partition coefficient (Wildman–Crippen LogP) is -0.542. The maximum atomic E-state index is 12.3. The topological polar surface area (TPSA) is 122 Å². The van der Waals surface area contributed by atoms with Gasteiger partial charge in [0.15, 0.2) is 0 Å². The van der Waals surface area contributed by atoms with Gasteiger partial charge in [-0.05, 0) is 23.4 Å². The largest absolute Gasteiger partial charge is 0.483 e. The SMILES string of the molecule is O=C(Cn1cnnn1)N1CCCN(CCn2cc(Cl)cn2)CC1.O=CO. The maximum absolute atomic E-state index is 12.3. The first-order valence-electron chi connectivity index (χ1n) is 8.09. The maximum Gasteiger partial charge on any atom is 0.290 e. The molecule has 0 unspecified atom stereocenters. The molecule has 1 fully saturated rings. The lowest BCUT2D eigenvalue weighted by molar-refractivity contribution is -0.132. The highest BCUT2D eigenvalue weighted by atomic mass is 35.5. The molecule has 11 nitrogen and oxygen atoms in total. The van der Waals surface area contributed by atoms with Gasteiger partial charge < -0.3 is 10.0 Å². The van der Waals surface area contributed by atoms with Crippen molar-refractivity contribution in [3.05, 3.63) is 23.7 Å². The summed E-state index contributed by atoms with van der Waals surface area (Å²) in [5, 5.41) is 22.5. The summed E-state index contributed by atoms with van der Waals surface area (Å²) in [7, 11) is 0. The van der Waals surface area contributed by atoms with Crippen molar-refractivity contribution in [1.29, 1.82) is 0 Å². The van der Waals surface area contributed by atoms with Crippen LogP contribution in [-0.2, 0) is 22.7 Å². The molecule has 1 aliphatic rings. The molecule has 1 amide bonds. The second-order valence-electron chi connectivity index (χ2n) is 5.61. The van der Waals surface area contributed by atoms with Crippen molar-refractivity contribution in [3.8, 4) is 0 Å². The highest BCUT2D eigenvalue weighted by molar-refractivity contribution is 6.30. The number of nitrogens with zero attached hydrogens (tertiary/aromatic N) is 8. The third-order valence-electron chi connectivity index (χ3n) is 3.88. The normalized spacial score (nSPS) is 15.0. The van der Waals surface area contributed by atoms with E-state index in [1.54, 1.807) is 6.20 Å². The summed E-state index contributed by atoms with van der Waals surface area (Å²) in [4.78, 5) is 24.9. The van der Waals surface area contributed by atoms with Gasteiger partial charge in [-0.15, -0.1) is 5.10 Å². The van der Waals surface area contributed by atoms with Gasteiger partial charge in [-0.25, -0.2) is 4.68 Å². The van der Waals surface area contributed by atoms with E-state index in [-0.39, 0.29) is 18.9 Å². The van der Waals surface area contributed by atoms with Crippen LogP contribution in [0.1, 0.15) is 6.42 Å². The minimum atomic E-state index is -0.250. The fourth-order valence-corrected chi connectivity index (χ4v) is 2.80. The van der Waals surface area contributed by atoms with Gasteiger partial charge in [0.2, 0.25) is 5.91 Å². The van der Waals surface area contributed by atoms with Crippen LogP contribution in [0.3, 0.4) is 0 Å². The molecular weight excluding hydrogens is 364 g/mol. The number of amides is 1. The third kappa shape index (κ3) is 6.41. The first kappa shape index (κ1) is 19.8. The van der Waals surface area contributed by atoms with Crippen LogP contribution < -0.4 is 0 Å². The zero-order valence-electron chi connectivity index (χ0n) is 14.2. The molecule has 2 aromatic heterocycles. The van der Waals surface area contributed by atoms with Crippen LogP contribution in [0.25, 0.3) is 0 Å². The summed E-state index contributed by atoms with van der Waals surface area (Å²) in [6.07, 6.45) is 5.88. The zero-order chi connectivity index (χ0) is 18.8. The Hall–Kier alpha value is -2.53. The molecule has 0 saturated carbocycles. The molecule has 1 N–H and O–H groups in total. The highest BCUT2D eigenvalue weighted by Gasteiger charge is 2.19. The molecule has 0 aliphatic carbocycles. The Labute approximate surface area is 155 Å². The lowest BCUT2D eigenvalue weighted by atomic mass is 10.3. The number of carbonyl (C=O) groups is 2. The molecule has 3 rings (SSSR count). The Kier molecular flexibility index (Phi) is 7.96. The molecule has 0 spiro atoms. The number of aromatic nitrogens is 6. The molecule has 0 radical (unpaired) electrons. The molecule has 12 heteroatoms. The van der Waals surface area contributed by atoms with Crippen LogP contribution >= 0.6 is 11.6 Å². The molecule has 2 aromatic rings. The Balaban J connectivity index is 0.000000758. The van der Waals surface area contributed by atoms with E-state index in [0.717, 1.165) is 45.7 Å². The summed E-state index contributed by atoms with van der Waals surface area (Å²) in [5.74, 6) is 0.0537. The van der Waals surface area contributed by atoms with Crippen LogP contribution in [0, 0.1) is 0 Å². The van der Waals surface area contributed by atoms with Crippen LogP contribution in [-0.4, -0.2) is 90.0 Å². The minimum Gasteiger partial charge on any atom is -0.483 e. The molecule has 3 heterocycles. The average molecular weight is 385 g/mol. The van der Waals surface area contributed by atoms with E-state index >= 15 is 0 Å². The summed E-state index contributed by atoms with van der Waals surface area (Å²) in [6.45, 7) is 4.96. The van der Waals surface area contributed by atoms with Crippen molar-refractivity contribution >= 4 is 24.0 Å². The van der Waals surface area contributed by atoms with Crippen molar-refractivity contribution in [2.75, 3.05) is 32.7 Å². The van der Waals surface area contributed by atoms with Crippen molar-refractivity contribution in [2.24, 2.45) is 0 Å². The Bertz CT molecular complexity index is 678. The molecule has 1 aliphatic heterocycles. The third-order valence-corrected chi connectivity index (χ3v) is 4.07. The van der Waals surface area contributed by atoms with Gasteiger partial charge >= 0.3 is 0 Å². The van der Waals surface area contributed by atoms with Gasteiger partial charge in [-0.1, -0.05) is 11.6 Å². The summed E-state index contributed by atoms with van der Waals surface area (Å²) >= 11 is 5.86. The number of rotatable bonds is 5. The van der Waals surface area contributed by atoms with Crippen LogP contribution in [0.4, 0.5) is 0 Å². The first-order chi connectivity index (χ1) is 12.6. The first-order valence-corrected chi connectivity index (χ1v) is 8.47. The molecular formula is C14H21ClN8O3. The van der Waals surface area contributed by atoms with Gasteiger partial charge in [0.05, 0.1) is 17.8 Å². The van der Waals surface area contributed by atoms with E-state index in [9.17, 15) is 4.79 Å². The summed E-state index contributed by atoms with van der Waals surface area (Å²) < 4.78 is 3.29. The van der Waals surface area contributed by atoms with E-state index in [2.05, 4.69) is 25.5 Å². The number of hydrogen-bond acceptors (Lipinski definition) is 7. The number of tetrazole rings is 1. The monoisotopic (exact) mass is 384 g/mol. The van der Waals surface area contributed by atoms with E-state index in [1.165, 1.54) is 11.0 Å². The van der Waals surface area contributed by atoms with Crippen LogP contribution in [0.15, 0.2) is 18.7 Å². The second-order valence-corrected chi connectivity index (χ2v) is 6.05. The highest BCUT2D eigenvalue weighted by Crippen LogP contribution is 2.07. The minimum absolute atomic E-state index is 0.0537. The van der Waals surface area contributed by atoms with Crippen molar-refractivity contribution in [3.63, 3.8) is 0 Å². The van der Waals surface area contributed by atoms with Crippen molar-refractivity contribution in [1.82, 2.24) is 39.8 Å². The van der Waals surface area contributed by atoms with E-state index in [4.69, 9.17) is 21.5 Å². The number of carbonyl (C=O) groups excluding carboxylic acids is 1. The lowest BCUT2D eigenvalue weighted by Crippen LogP contribution is -2.37. The van der Waals surface area contributed by atoms with Gasteiger partial charge in [0.1, 0.15) is 12.9 Å². The van der Waals surface area contributed by atoms with Gasteiger partial charge in [0.25, 0.3) is 6.47 Å². The Morgan fingerprint density at radius 1 is 1.23 bits per heavy atom. The molecule has 142 valence electrons. The van der Waals surface area contributed by atoms with E-state index < -0.39 is 0 Å². The van der Waals surface area contributed by atoms with E-state index in [0.29, 0.717) is 5.02 Å². The fourth-order valence-electron chi connectivity index (χ4n) is 2.64. The second kappa shape index (κ2) is 10.5. The van der Waals surface area contributed by atoms with Gasteiger partial charge in [-0.2, -0.15) is 5.10 Å². The number of halogens is 1.